The Kier molecular flexibility index (Phi) is 5.37. The van der Waals surface area contributed by atoms with Crippen LogP contribution in [-0.4, -0.2) is 23.0 Å². The van der Waals surface area contributed by atoms with Crippen LogP contribution in [0.3, 0.4) is 0 Å². The maximum Gasteiger partial charge on any atom is 0.307 e. The monoisotopic (exact) mass is 289 g/mol. The molecule has 2 rings (SSSR count). The zero-order chi connectivity index (χ0) is 15.2. The summed E-state index contributed by atoms with van der Waals surface area (Å²) in [4.78, 5) is 23.3. The number of amides is 1. The molecule has 2 N–H and O–H groups in total. The minimum Gasteiger partial charge on any atom is -0.481 e. The molecule has 0 saturated heterocycles. The predicted octanol–water partition coefficient (Wildman–Crippen LogP) is 2.62. The Morgan fingerprint density at radius 1 is 1.24 bits per heavy atom. The zero-order valence-electron chi connectivity index (χ0n) is 12.4. The quantitative estimate of drug-likeness (QED) is 0.811. The fraction of sp³-hybridized carbons (Fsp3) is 0.529. The first-order valence-electron chi connectivity index (χ1n) is 7.69. The highest BCUT2D eigenvalue weighted by atomic mass is 16.4. The first-order valence-corrected chi connectivity index (χ1v) is 7.69. The summed E-state index contributed by atoms with van der Waals surface area (Å²) >= 11 is 0. The average Bonchev–Trinajstić information content (AvgIpc) is 2.37. The van der Waals surface area contributed by atoms with Crippen LogP contribution in [0.5, 0.6) is 0 Å². The molecule has 1 aliphatic carbocycles. The molecule has 0 aromatic heterocycles. The fourth-order valence-electron chi connectivity index (χ4n) is 2.89. The summed E-state index contributed by atoms with van der Waals surface area (Å²) in [5, 5.41) is 12.1. The number of carboxylic acids is 1. The van der Waals surface area contributed by atoms with Crippen LogP contribution in [0.15, 0.2) is 30.3 Å². The van der Waals surface area contributed by atoms with E-state index in [9.17, 15) is 9.59 Å². The molecule has 0 aliphatic heterocycles. The topological polar surface area (TPSA) is 66.4 Å². The minimum atomic E-state index is -0.850. The smallest absolute Gasteiger partial charge is 0.307 e. The molecule has 0 bridgehead atoms. The van der Waals surface area contributed by atoms with Crippen LogP contribution >= 0.6 is 0 Å². The van der Waals surface area contributed by atoms with Gasteiger partial charge in [0.15, 0.2) is 0 Å². The molecular formula is C17H23NO3. The van der Waals surface area contributed by atoms with Gasteiger partial charge in [-0.3, -0.25) is 9.59 Å². The van der Waals surface area contributed by atoms with Crippen molar-refractivity contribution in [2.24, 2.45) is 11.8 Å². The SMILES string of the molecule is CCCC(Cc1ccccc1)NC(=O)C1CCC1C(=O)O. The number of aliphatic carboxylic acids is 1. The first-order chi connectivity index (χ1) is 10.1. The van der Waals surface area contributed by atoms with Gasteiger partial charge in [0.1, 0.15) is 0 Å². The highest BCUT2D eigenvalue weighted by Crippen LogP contribution is 2.34. The summed E-state index contributed by atoms with van der Waals surface area (Å²) in [7, 11) is 0. The van der Waals surface area contributed by atoms with Gasteiger partial charge in [-0.2, -0.15) is 0 Å². The van der Waals surface area contributed by atoms with Crippen molar-refractivity contribution in [3.05, 3.63) is 35.9 Å². The molecule has 1 fully saturated rings. The van der Waals surface area contributed by atoms with Gasteiger partial charge in [-0.15, -0.1) is 0 Å². The number of hydrogen-bond acceptors (Lipinski definition) is 2. The molecule has 114 valence electrons. The predicted molar refractivity (Wildman–Crippen MR) is 80.8 cm³/mol. The van der Waals surface area contributed by atoms with Gasteiger partial charge in [0.05, 0.1) is 11.8 Å². The Morgan fingerprint density at radius 3 is 2.43 bits per heavy atom. The van der Waals surface area contributed by atoms with Gasteiger partial charge in [-0.05, 0) is 31.2 Å². The minimum absolute atomic E-state index is 0.0833. The first kappa shape index (κ1) is 15.5. The van der Waals surface area contributed by atoms with Gasteiger partial charge >= 0.3 is 5.97 Å². The summed E-state index contributed by atoms with van der Waals surface area (Å²) in [6, 6.07) is 10.2. The van der Waals surface area contributed by atoms with E-state index in [4.69, 9.17) is 5.11 Å². The van der Waals surface area contributed by atoms with Crippen LogP contribution in [0.4, 0.5) is 0 Å². The molecule has 3 unspecified atom stereocenters. The van der Waals surface area contributed by atoms with Crippen LogP contribution < -0.4 is 5.32 Å². The van der Waals surface area contributed by atoms with E-state index in [1.807, 2.05) is 18.2 Å². The lowest BCUT2D eigenvalue weighted by molar-refractivity contribution is -0.153. The second-order valence-corrected chi connectivity index (χ2v) is 5.81. The van der Waals surface area contributed by atoms with Gasteiger partial charge in [-0.1, -0.05) is 43.7 Å². The van der Waals surface area contributed by atoms with Crippen LogP contribution in [0, 0.1) is 11.8 Å². The van der Waals surface area contributed by atoms with E-state index in [-0.39, 0.29) is 17.9 Å². The Labute approximate surface area is 125 Å². The van der Waals surface area contributed by atoms with Crippen molar-refractivity contribution in [1.82, 2.24) is 5.32 Å². The van der Waals surface area contributed by atoms with Crippen LogP contribution in [0.1, 0.15) is 38.2 Å². The summed E-state index contributed by atoms with van der Waals surface area (Å²) in [5.41, 5.74) is 1.19. The zero-order valence-corrected chi connectivity index (χ0v) is 12.4. The Bertz CT molecular complexity index is 486. The number of carbonyl (C=O) groups is 2. The maximum atomic E-state index is 12.2. The van der Waals surface area contributed by atoms with Crippen molar-refractivity contribution < 1.29 is 14.7 Å². The van der Waals surface area contributed by atoms with Crippen molar-refractivity contribution >= 4 is 11.9 Å². The van der Waals surface area contributed by atoms with E-state index in [0.29, 0.717) is 12.8 Å². The van der Waals surface area contributed by atoms with Crippen LogP contribution in [0.2, 0.25) is 0 Å². The van der Waals surface area contributed by atoms with Crippen LogP contribution in [0.25, 0.3) is 0 Å². The molecule has 1 saturated carbocycles. The van der Waals surface area contributed by atoms with E-state index in [1.165, 1.54) is 5.56 Å². The normalized spacial score (nSPS) is 22.1. The van der Waals surface area contributed by atoms with Gasteiger partial charge < -0.3 is 10.4 Å². The van der Waals surface area contributed by atoms with Crippen molar-refractivity contribution in [2.45, 2.75) is 45.1 Å². The second kappa shape index (κ2) is 7.25. The number of rotatable bonds is 7. The molecule has 3 atom stereocenters. The fourth-order valence-corrected chi connectivity index (χ4v) is 2.89. The molecule has 0 heterocycles. The van der Waals surface area contributed by atoms with Crippen molar-refractivity contribution in [3.8, 4) is 0 Å². The number of carbonyl (C=O) groups excluding carboxylic acids is 1. The standard InChI is InChI=1S/C17H23NO3/c1-2-6-13(11-12-7-4-3-5-8-12)18-16(19)14-9-10-15(14)17(20)21/h3-5,7-8,13-15H,2,6,9-11H2,1H3,(H,18,19)(H,20,21). The van der Waals surface area contributed by atoms with Gasteiger partial charge in [0.25, 0.3) is 0 Å². The highest BCUT2D eigenvalue weighted by Gasteiger charge is 2.41. The molecule has 1 amide bonds. The van der Waals surface area contributed by atoms with Gasteiger partial charge in [-0.25, -0.2) is 0 Å². The van der Waals surface area contributed by atoms with Crippen molar-refractivity contribution in [3.63, 3.8) is 0 Å². The van der Waals surface area contributed by atoms with E-state index < -0.39 is 11.9 Å². The third kappa shape index (κ3) is 4.06. The third-order valence-electron chi connectivity index (χ3n) is 4.24. The Hall–Kier alpha value is -1.84. The summed E-state index contributed by atoms with van der Waals surface area (Å²) in [5.74, 6) is -1.79. The summed E-state index contributed by atoms with van der Waals surface area (Å²) in [6.45, 7) is 2.09. The number of carboxylic acid groups (broad SMARTS) is 1. The number of hydrogen-bond donors (Lipinski definition) is 2. The largest absolute Gasteiger partial charge is 0.481 e. The lowest BCUT2D eigenvalue weighted by Crippen LogP contribution is -2.47. The molecule has 0 radical (unpaired) electrons. The maximum absolute atomic E-state index is 12.2. The molecule has 1 aliphatic rings. The van der Waals surface area contributed by atoms with Gasteiger partial charge in [0.2, 0.25) is 5.91 Å². The molecule has 4 nitrogen and oxygen atoms in total. The Balaban J connectivity index is 1.93. The molecule has 21 heavy (non-hydrogen) atoms. The number of nitrogens with one attached hydrogen (secondary N) is 1. The second-order valence-electron chi connectivity index (χ2n) is 5.81. The van der Waals surface area contributed by atoms with E-state index in [0.717, 1.165) is 19.3 Å². The molecule has 1 aromatic carbocycles. The molecular weight excluding hydrogens is 266 g/mol. The van der Waals surface area contributed by atoms with E-state index in [2.05, 4.69) is 24.4 Å². The number of benzene rings is 1. The average molecular weight is 289 g/mol. The van der Waals surface area contributed by atoms with E-state index in [1.54, 1.807) is 0 Å². The van der Waals surface area contributed by atoms with Crippen molar-refractivity contribution in [2.75, 3.05) is 0 Å². The van der Waals surface area contributed by atoms with Crippen LogP contribution in [-0.2, 0) is 16.0 Å². The lowest BCUT2D eigenvalue weighted by atomic mass is 9.73. The molecule has 0 spiro atoms. The van der Waals surface area contributed by atoms with Gasteiger partial charge in [0, 0.05) is 6.04 Å². The van der Waals surface area contributed by atoms with E-state index >= 15 is 0 Å². The lowest BCUT2D eigenvalue weighted by Gasteiger charge is -2.33. The highest BCUT2D eigenvalue weighted by molar-refractivity contribution is 5.86. The third-order valence-corrected chi connectivity index (χ3v) is 4.24. The van der Waals surface area contributed by atoms with Crippen molar-refractivity contribution in [1.29, 1.82) is 0 Å². The summed E-state index contributed by atoms with van der Waals surface area (Å²) < 4.78 is 0. The molecule has 1 aromatic rings. The Morgan fingerprint density at radius 2 is 1.90 bits per heavy atom. The molecule has 4 heteroatoms. The summed E-state index contributed by atoms with van der Waals surface area (Å²) in [6.07, 6.45) is 4.00.